The number of nitrogens with one attached hydrogen (secondary N) is 2. The Labute approximate surface area is 169 Å². The molecule has 150 valence electrons. The van der Waals surface area contributed by atoms with Gasteiger partial charge in [-0.15, -0.1) is 0 Å². The van der Waals surface area contributed by atoms with Gasteiger partial charge in [0.25, 0.3) is 0 Å². The van der Waals surface area contributed by atoms with Crippen LogP contribution in [0.4, 0.5) is 0 Å². The molecule has 0 aliphatic carbocycles. The summed E-state index contributed by atoms with van der Waals surface area (Å²) in [5.74, 6) is 0.924. The van der Waals surface area contributed by atoms with Crippen LogP contribution in [0.2, 0.25) is 0 Å². The Hall–Kier alpha value is -2.40. The van der Waals surface area contributed by atoms with Crippen LogP contribution >= 0.6 is 0 Å². The van der Waals surface area contributed by atoms with Crippen LogP contribution in [0, 0.1) is 6.92 Å². The van der Waals surface area contributed by atoms with Crippen molar-refractivity contribution in [3.05, 3.63) is 65.5 Å². The summed E-state index contributed by atoms with van der Waals surface area (Å²) in [5.41, 5.74) is 3.93. The molecule has 3 rings (SSSR count). The molecule has 0 bridgehead atoms. The molecule has 28 heavy (non-hydrogen) atoms. The van der Waals surface area contributed by atoms with Crippen molar-refractivity contribution in [2.75, 3.05) is 19.6 Å². The van der Waals surface area contributed by atoms with Gasteiger partial charge < -0.3 is 10.6 Å². The van der Waals surface area contributed by atoms with Crippen molar-refractivity contribution in [3.8, 4) is 0 Å². The number of pyridine rings is 1. The Morgan fingerprint density at radius 3 is 2.82 bits per heavy atom. The van der Waals surface area contributed by atoms with E-state index < -0.39 is 0 Å². The summed E-state index contributed by atoms with van der Waals surface area (Å²) in [6.07, 6.45) is 5.85. The molecule has 2 N–H and O–H groups in total. The van der Waals surface area contributed by atoms with Gasteiger partial charge in [-0.3, -0.25) is 14.9 Å². The maximum atomic E-state index is 4.80. The number of hydrogen-bond donors (Lipinski definition) is 2. The van der Waals surface area contributed by atoms with Gasteiger partial charge in [-0.1, -0.05) is 30.3 Å². The fraction of sp³-hybridized carbons (Fsp3) is 0.478. The second-order valence-corrected chi connectivity index (χ2v) is 7.65. The fourth-order valence-corrected chi connectivity index (χ4v) is 3.83. The van der Waals surface area contributed by atoms with E-state index in [4.69, 9.17) is 4.99 Å². The highest BCUT2D eigenvalue weighted by Crippen LogP contribution is 2.20. The van der Waals surface area contributed by atoms with Gasteiger partial charge in [0.15, 0.2) is 5.96 Å². The highest BCUT2D eigenvalue weighted by Gasteiger charge is 2.29. The van der Waals surface area contributed by atoms with Gasteiger partial charge in [0.05, 0.1) is 0 Å². The Bertz CT molecular complexity index is 759. The van der Waals surface area contributed by atoms with Crippen LogP contribution in [0.1, 0.15) is 37.0 Å². The quantitative estimate of drug-likeness (QED) is 0.573. The second kappa shape index (κ2) is 10.2. The predicted molar refractivity (Wildman–Crippen MR) is 117 cm³/mol. The summed E-state index contributed by atoms with van der Waals surface area (Å²) in [6.45, 7) is 10.2. The van der Waals surface area contributed by atoms with Gasteiger partial charge in [-0.25, -0.2) is 0 Å². The first-order chi connectivity index (χ1) is 13.7. The number of benzene rings is 1. The van der Waals surface area contributed by atoms with Crippen LogP contribution in [0.3, 0.4) is 0 Å². The van der Waals surface area contributed by atoms with E-state index in [2.05, 4.69) is 77.7 Å². The standard InChI is InChI=1S/C23H33N5/c1-4-25-23(26-13-11-21-10-12-24-15-18(21)2)27-22-14-19(3)28(17-22)16-20-8-6-5-7-9-20/h5-10,12,15,19,22H,4,11,13-14,16-17H2,1-3H3,(H2,25,26,27). The molecule has 2 atom stereocenters. The predicted octanol–water partition coefficient (Wildman–Crippen LogP) is 3.15. The zero-order valence-corrected chi connectivity index (χ0v) is 17.4. The van der Waals surface area contributed by atoms with Crippen LogP contribution < -0.4 is 10.6 Å². The van der Waals surface area contributed by atoms with Gasteiger partial charge in [0.1, 0.15) is 0 Å². The number of rotatable bonds is 7. The minimum atomic E-state index is 0.430. The number of hydrogen-bond acceptors (Lipinski definition) is 3. The van der Waals surface area contributed by atoms with Crippen LogP contribution in [0.5, 0.6) is 0 Å². The molecule has 2 aromatic rings. The molecule has 5 heteroatoms. The molecule has 1 aromatic heterocycles. The van der Waals surface area contributed by atoms with Gasteiger partial charge in [0, 0.05) is 50.7 Å². The van der Waals surface area contributed by atoms with Gasteiger partial charge >= 0.3 is 0 Å². The minimum Gasteiger partial charge on any atom is -0.357 e. The van der Waals surface area contributed by atoms with E-state index in [-0.39, 0.29) is 0 Å². The first kappa shape index (κ1) is 20.3. The summed E-state index contributed by atoms with van der Waals surface area (Å²) in [5, 5.41) is 7.05. The van der Waals surface area contributed by atoms with Crippen molar-refractivity contribution in [2.45, 2.75) is 52.2 Å². The van der Waals surface area contributed by atoms with Crippen molar-refractivity contribution in [2.24, 2.45) is 4.99 Å². The van der Waals surface area contributed by atoms with E-state index >= 15 is 0 Å². The third-order valence-electron chi connectivity index (χ3n) is 5.40. The number of aryl methyl sites for hydroxylation is 1. The van der Waals surface area contributed by atoms with Crippen molar-refractivity contribution in [1.82, 2.24) is 20.5 Å². The van der Waals surface area contributed by atoms with E-state index in [0.29, 0.717) is 12.1 Å². The number of aliphatic imine (C=N–C) groups is 1. The van der Waals surface area contributed by atoms with E-state index in [9.17, 15) is 0 Å². The maximum absolute atomic E-state index is 4.80. The summed E-state index contributed by atoms with van der Waals surface area (Å²) in [7, 11) is 0. The van der Waals surface area contributed by atoms with E-state index in [1.807, 2.05) is 12.4 Å². The van der Waals surface area contributed by atoms with Gasteiger partial charge in [0.2, 0.25) is 0 Å². The lowest BCUT2D eigenvalue weighted by Crippen LogP contribution is -2.44. The smallest absolute Gasteiger partial charge is 0.191 e. The molecule has 1 aromatic carbocycles. The Morgan fingerprint density at radius 2 is 2.07 bits per heavy atom. The molecule has 0 saturated carbocycles. The number of likely N-dealkylation sites (tertiary alicyclic amines) is 1. The number of aromatic nitrogens is 1. The highest BCUT2D eigenvalue weighted by molar-refractivity contribution is 5.80. The average Bonchev–Trinajstić information content (AvgIpc) is 3.03. The van der Waals surface area contributed by atoms with E-state index in [0.717, 1.165) is 45.0 Å². The third-order valence-corrected chi connectivity index (χ3v) is 5.40. The minimum absolute atomic E-state index is 0.430. The van der Waals surface area contributed by atoms with Crippen molar-refractivity contribution in [3.63, 3.8) is 0 Å². The summed E-state index contributed by atoms with van der Waals surface area (Å²) >= 11 is 0. The molecule has 1 aliphatic rings. The Balaban J connectivity index is 1.54. The fourth-order valence-electron chi connectivity index (χ4n) is 3.83. The van der Waals surface area contributed by atoms with Crippen molar-refractivity contribution >= 4 is 5.96 Å². The van der Waals surface area contributed by atoms with Crippen LogP contribution in [0.25, 0.3) is 0 Å². The normalized spacial score (nSPS) is 20.3. The molecule has 1 aliphatic heterocycles. The molecular weight excluding hydrogens is 346 g/mol. The summed E-state index contributed by atoms with van der Waals surface area (Å²) in [4.78, 5) is 11.5. The molecule has 1 saturated heterocycles. The molecule has 1 fully saturated rings. The van der Waals surface area contributed by atoms with E-state index in [1.54, 1.807) is 0 Å². The topological polar surface area (TPSA) is 52.6 Å². The van der Waals surface area contributed by atoms with Crippen LogP contribution in [-0.2, 0) is 13.0 Å². The first-order valence-corrected chi connectivity index (χ1v) is 10.4. The molecule has 0 radical (unpaired) electrons. The average molecular weight is 380 g/mol. The van der Waals surface area contributed by atoms with Crippen LogP contribution in [-0.4, -0.2) is 47.6 Å². The van der Waals surface area contributed by atoms with Gasteiger partial charge in [-0.05, 0) is 56.4 Å². The molecular formula is C23H33N5. The lowest BCUT2D eigenvalue weighted by atomic mass is 10.1. The van der Waals surface area contributed by atoms with Crippen LogP contribution in [0.15, 0.2) is 53.8 Å². The molecule has 5 nitrogen and oxygen atoms in total. The lowest BCUT2D eigenvalue weighted by Gasteiger charge is -2.21. The van der Waals surface area contributed by atoms with Gasteiger partial charge in [-0.2, -0.15) is 0 Å². The Morgan fingerprint density at radius 1 is 1.25 bits per heavy atom. The van der Waals surface area contributed by atoms with Crippen molar-refractivity contribution in [1.29, 1.82) is 0 Å². The molecule has 0 spiro atoms. The lowest BCUT2D eigenvalue weighted by molar-refractivity contribution is 0.258. The Kier molecular flexibility index (Phi) is 7.43. The highest BCUT2D eigenvalue weighted by atomic mass is 15.3. The van der Waals surface area contributed by atoms with E-state index in [1.165, 1.54) is 16.7 Å². The molecule has 2 unspecified atom stereocenters. The maximum Gasteiger partial charge on any atom is 0.191 e. The van der Waals surface area contributed by atoms with Crippen molar-refractivity contribution < 1.29 is 0 Å². The SMILES string of the molecule is CCNC(=NCCc1ccncc1C)NC1CC(C)N(Cc2ccccc2)C1. The summed E-state index contributed by atoms with van der Waals surface area (Å²) in [6, 6.07) is 13.8. The third kappa shape index (κ3) is 5.80. The molecule has 2 heterocycles. The monoisotopic (exact) mass is 379 g/mol. The zero-order valence-electron chi connectivity index (χ0n) is 17.4. The second-order valence-electron chi connectivity index (χ2n) is 7.65. The first-order valence-electron chi connectivity index (χ1n) is 10.4. The molecule has 0 amide bonds. The summed E-state index contributed by atoms with van der Waals surface area (Å²) < 4.78 is 0. The number of guanidine groups is 1. The number of nitrogens with zero attached hydrogens (tertiary/aromatic N) is 3. The largest absolute Gasteiger partial charge is 0.357 e. The zero-order chi connectivity index (χ0) is 19.8.